The van der Waals surface area contributed by atoms with Crippen LogP contribution in [0.4, 0.5) is 4.39 Å². The molecule has 1 saturated carbocycles. The van der Waals surface area contributed by atoms with Gasteiger partial charge in [-0.1, -0.05) is 12.1 Å². The molecule has 86 valence electrons. The van der Waals surface area contributed by atoms with Crippen LogP contribution < -0.4 is 5.32 Å². The number of carbonyl (C=O) groups is 1. The van der Waals surface area contributed by atoms with Gasteiger partial charge < -0.3 is 10.1 Å². The molecule has 2 rings (SSSR count). The number of halogens is 1. The van der Waals surface area contributed by atoms with Crippen LogP contribution in [0.1, 0.15) is 23.2 Å². The fraction of sp³-hybridized carbons (Fsp3) is 0.417. The van der Waals surface area contributed by atoms with E-state index in [2.05, 4.69) is 5.32 Å². The van der Waals surface area contributed by atoms with Crippen LogP contribution in [0.3, 0.4) is 0 Å². The number of hydrogen-bond acceptors (Lipinski definition) is 2. The molecule has 0 radical (unpaired) electrons. The zero-order valence-electron chi connectivity index (χ0n) is 9.07. The first-order valence-corrected chi connectivity index (χ1v) is 5.29. The largest absolute Gasteiger partial charge is 0.381 e. The van der Waals surface area contributed by atoms with Crippen molar-refractivity contribution in [3.05, 3.63) is 35.6 Å². The van der Waals surface area contributed by atoms with Gasteiger partial charge in [0.1, 0.15) is 5.82 Å². The smallest absolute Gasteiger partial charge is 0.254 e. The van der Waals surface area contributed by atoms with Gasteiger partial charge in [-0.05, 0) is 25.0 Å². The van der Waals surface area contributed by atoms with E-state index in [1.807, 2.05) is 0 Å². The van der Waals surface area contributed by atoms with Gasteiger partial charge >= 0.3 is 0 Å². The highest BCUT2D eigenvalue weighted by molar-refractivity contribution is 5.94. The fourth-order valence-electron chi connectivity index (χ4n) is 1.78. The van der Waals surface area contributed by atoms with Crippen LogP contribution >= 0.6 is 0 Å². The predicted octanol–water partition coefficient (Wildman–Crippen LogP) is 1.73. The highest BCUT2D eigenvalue weighted by Crippen LogP contribution is 2.23. The van der Waals surface area contributed by atoms with Crippen molar-refractivity contribution in [2.75, 3.05) is 7.11 Å². The molecule has 3 nitrogen and oxygen atoms in total. The Hall–Kier alpha value is -1.42. The summed E-state index contributed by atoms with van der Waals surface area (Å²) in [7, 11) is 1.65. The molecule has 0 aromatic heterocycles. The van der Waals surface area contributed by atoms with Gasteiger partial charge in [0.15, 0.2) is 0 Å². The standard InChI is InChI=1S/C12H14FNO2/c1-16-9-6-8(7-9)14-12(15)10-4-2-3-5-11(10)13/h2-5,8-9H,6-7H2,1H3,(H,14,15). The molecule has 1 aromatic carbocycles. The summed E-state index contributed by atoms with van der Waals surface area (Å²) in [6.45, 7) is 0. The van der Waals surface area contributed by atoms with E-state index in [1.165, 1.54) is 12.1 Å². The number of carbonyl (C=O) groups excluding carboxylic acids is 1. The lowest BCUT2D eigenvalue weighted by molar-refractivity contribution is 0.0175. The molecule has 0 atom stereocenters. The molecule has 0 aliphatic heterocycles. The number of amides is 1. The monoisotopic (exact) mass is 223 g/mol. The molecule has 1 aliphatic rings. The Bertz CT molecular complexity index is 388. The van der Waals surface area contributed by atoms with E-state index < -0.39 is 5.82 Å². The summed E-state index contributed by atoms with van der Waals surface area (Å²) in [6.07, 6.45) is 1.83. The summed E-state index contributed by atoms with van der Waals surface area (Å²) in [5.74, 6) is -0.833. The normalized spacial score (nSPS) is 23.6. The second-order valence-corrected chi connectivity index (χ2v) is 3.98. The molecule has 1 N–H and O–H groups in total. The van der Waals surface area contributed by atoms with Crippen molar-refractivity contribution in [2.45, 2.75) is 25.0 Å². The maximum absolute atomic E-state index is 13.3. The van der Waals surface area contributed by atoms with Crippen LogP contribution in [0.5, 0.6) is 0 Å². The molecule has 0 saturated heterocycles. The topological polar surface area (TPSA) is 38.3 Å². The van der Waals surface area contributed by atoms with Gasteiger partial charge in [0.25, 0.3) is 5.91 Å². The molecule has 0 spiro atoms. The minimum absolute atomic E-state index is 0.100. The van der Waals surface area contributed by atoms with Crippen molar-refractivity contribution >= 4 is 5.91 Å². The summed E-state index contributed by atoms with van der Waals surface area (Å²) < 4.78 is 18.4. The van der Waals surface area contributed by atoms with Gasteiger partial charge in [0.05, 0.1) is 11.7 Å². The summed E-state index contributed by atoms with van der Waals surface area (Å²) in [5.41, 5.74) is 0.100. The van der Waals surface area contributed by atoms with Crippen molar-refractivity contribution in [3.63, 3.8) is 0 Å². The lowest BCUT2D eigenvalue weighted by atomic mass is 9.89. The Balaban J connectivity index is 1.92. The average molecular weight is 223 g/mol. The number of benzene rings is 1. The highest BCUT2D eigenvalue weighted by atomic mass is 19.1. The van der Waals surface area contributed by atoms with Crippen molar-refractivity contribution in [1.82, 2.24) is 5.32 Å². The van der Waals surface area contributed by atoms with Crippen LogP contribution in [-0.2, 0) is 4.74 Å². The third-order valence-electron chi connectivity index (χ3n) is 2.88. The minimum atomic E-state index is -0.484. The van der Waals surface area contributed by atoms with Crippen molar-refractivity contribution in [2.24, 2.45) is 0 Å². The van der Waals surface area contributed by atoms with Gasteiger partial charge in [0.2, 0.25) is 0 Å². The highest BCUT2D eigenvalue weighted by Gasteiger charge is 2.30. The number of rotatable bonds is 3. The molecule has 0 bridgehead atoms. The number of hydrogen-bond donors (Lipinski definition) is 1. The number of ether oxygens (including phenoxy) is 1. The quantitative estimate of drug-likeness (QED) is 0.847. The van der Waals surface area contributed by atoms with Gasteiger partial charge in [-0.3, -0.25) is 4.79 Å². The third kappa shape index (κ3) is 2.22. The van der Waals surface area contributed by atoms with E-state index in [0.29, 0.717) is 0 Å². The Morgan fingerprint density at radius 1 is 1.44 bits per heavy atom. The van der Waals surface area contributed by atoms with Crippen molar-refractivity contribution < 1.29 is 13.9 Å². The van der Waals surface area contributed by atoms with Gasteiger partial charge in [-0.15, -0.1) is 0 Å². The lowest BCUT2D eigenvalue weighted by Gasteiger charge is -2.34. The maximum atomic E-state index is 13.3. The first-order valence-electron chi connectivity index (χ1n) is 5.29. The summed E-state index contributed by atoms with van der Waals surface area (Å²) in [4.78, 5) is 11.7. The lowest BCUT2D eigenvalue weighted by Crippen LogP contribution is -2.47. The molecule has 16 heavy (non-hydrogen) atoms. The molecular weight excluding hydrogens is 209 g/mol. The first kappa shape index (κ1) is 11.1. The average Bonchev–Trinajstić information content (AvgIpc) is 2.23. The Labute approximate surface area is 93.6 Å². The first-order chi connectivity index (χ1) is 7.70. The minimum Gasteiger partial charge on any atom is -0.381 e. The van der Waals surface area contributed by atoms with Crippen molar-refractivity contribution in [3.8, 4) is 0 Å². The third-order valence-corrected chi connectivity index (χ3v) is 2.88. The molecule has 0 heterocycles. The summed E-state index contributed by atoms with van der Waals surface area (Å²) in [6, 6.07) is 6.09. The molecule has 1 fully saturated rings. The Morgan fingerprint density at radius 2 is 2.12 bits per heavy atom. The maximum Gasteiger partial charge on any atom is 0.254 e. The van der Waals surface area contributed by atoms with Crippen LogP contribution in [0.15, 0.2) is 24.3 Å². The fourth-order valence-corrected chi connectivity index (χ4v) is 1.78. The van der Waals surface area contributed by atoms with E-state index >= 15 is 0 Å². The van der Waals surface area contributed by atoms with E-state index in [0.717, 1.165) is 12.8 Å². The molecule has 1 aromatic rings. The Kier molecular flexibility index (Phi) is 3.19. The molecule has 1 amide bonds. The SMILES string of the molecule is COC1CC(NC(=O)c2ccccc2F)C1. The summed E-state index contributed by atoms with van der Waals surface area (Å²) >= 11 is 0. The molecule has 1 aliphatic carbocycles. The van der Waals surface area contributed by atoms with E-state index in [-0.39, 0.29) is 23.6 Å². The van der Waals surface area contributed by atoms with Crippen LogP contribution in [0, 0.1) is 5.82 Å². The second-order valence-electron chi connectivity index (χ2n) is 3.98. The molecule has 0 unspecified atom stereocenters. The van der Waals surface area contributed by atoms with Crippen LogP contribution in [0.25, 0.3) is 0 Å². The predicted molar refractivity (Wildman–Crippen MR) is 57.7 cm³/mol. The van der Waals surface area contributed by atoms with Crippen LogP contribution in [-0.4, -0.2) is 25.2 Å². The van der Waals surface area contributed by atoms with Crippen LogP contribution in [0.2, 0.25) is 0 Å². The van der Waals surface area contributed by atoms with Gasteiger partial charge in [-0.2, -0.15) is 0 Å². The van der Waals surface area contributed by atoms with E-state index in [9.17, 15) is 9.18 Å². The zero-order chi connectivity index (χ0) is 11.5. The van der Waals surface area contributed by atoms with Gasteiger partial charge in [-0.25, -0.2) is 4.39 Å². The van der Waals surface area contributed by atoms with E-state index in [1.54, 1.807) is 19.2 Å². The molecular formula is C12H14FNO2. The van der Waals surface area contributed by atoms with E-state index in [4.69, 9.17) is 4.74 Å². The molecule has 4 heteroatoms. The second kappa shape index (κ2) is 4.61. The zero-order valence-corrected chi connectivity index (χ0v) is 9.07. The number of nitrogens with one attached hydrogen (secondary N) is 1. The number of methoxy groups -OCH3 is 1. The Morgan fingerprint density at radius 3 is 2.75 bits per heavy atom. The summed E-state index contributed by atoms with van der Waals surface area (Å²) in [5, 5.41) is 2.78. The van der Waals surface area contributed by atoms with Crippen molar-refractivity contribution in [1.29, 1.82) is 0 Å². The van der Waals surface area contributed by atoms with Gasteiger partial charge in [0, 0.05) is 13.2 Å².